The Morgan fingerprint density at radius 1 is 1.80 bits per heavy atom. The highest BCUT2D eigenvalue weighted by Gasteiger charge is 1.91. The van der Waals surface area contributed by atoms with Gasteiger partial charge in [-0.3, -0.25) is 0 Å². The van der Waals surface area contributed by atoms with Crippen molar-refractivity contribution in [1.82, 2.24) is 10.6 Å². The molecule has 2 N–H and O–H groups in total. The van der Waals surface area contributed by atoms with Crippen LogP contribution in [0, 0.1) is 0 Å². The summed E-state index contributed by atoms with van der Waals surface area (Å²) >= 11 is 0. The molecule has 0 aliphatic carbocycles. The van der Waals surface area contributed by atoms with Crippen molar-refractivity contribution in [2.45, 2.75) is 0 Å². The van der Waals surface area contributed by atoms with Crippen LogP contribution in [0.25, 0.3) is 0 Å². The molecule has 0 aromatic heterocycles. The second-order valence-electron chi connectivity index (χ2n) is 2.08. The molecule has 0 aromatic carbocycles. The van der Waals surface area contributed by atoms with E-state index < -0.39 is 0 Å². The van der Waals surface area contributed by atoms with Gasteiger partial charge in [-0.15, -0.1) is 6.58 Å². The van der Waals surface area contributed by atoms with Crippen LogP contribution < -0.4 is 10.6 Å². The van der Waals surface area contributed by atoms with E-state index in [-0.39, 0.29) is 0 Å². The van der Waals surface area contributed by atoms with Crippen LogP contribution in [0.2, 0.25) is 0 Å². The van der Waals surface area contributed by atoms with E-state index in [4.69, 9.17) is 0 Å². The van der Waals surface area contributed by atoms with Crippen LogP contribution >= 0.6 is 0 Å². The average molecular weight is 136 g/mol. The molecule has 1 aliphatic heterocycles. The zero-order valence-electron chi connectivity index (χ0n) is 5.93. The number of allylic oxidation sites excluding steroid dienone is 1. The molecule has 0 aromatic rings. The van der Waals surface area contributed by atoms with Crippen molar-refractivity contribution in [3.05, 3.63) is 36.7 Å². The first-order chi connectivity index (χ1) is 4.93. The van der Waals surface area contributed by atoms with Crippen LogP contribution in [0.5, 0.6) is 0 Å². The molecule has 0 spiro atoms. The highest BCUT2D eigenvalue weighted by atomic mass is 14.9. The number of hydrogen-bond acceptors (Lipinski definition) is 2. The Labute approximate surface area is 61.3 Å². The summed E-state index contributed by atoms with van der Waals surface area (Å²) < 4.78 is 0. The van der Waals surface area contributed by atoms with Gasteiger partial charge in [0.15, 0.2) is 0 Å². The van der Waals surface area contributed by atoms with Gasteiger partial charge in [0.2, 0.25) is 0 Å². The van der Waals surface area contributed by atoms with Crippen molar-refractivity contribution in [1.29, 1.82) is 0 Å². The van der Waals surface area contributed by atoms with Crippen LogP contribution in [0.15, 0.2) is 36.7 Å². The fourth-order valence-corrected chi connectivity index (χ4v) is 0.771. The van der Waals surface area contributed by atoms with Crippen molar-refractivity contribution in [2.75, 3.05) is 13.1 Å². The summed E-state index contributed by atoms with van der Waals surface area (Å²) in [6.45, 7) is 5.36. The van der Waals surface area contributed by atoms with Crippen LogP contribution in [0.4, 0.5) is 0 Å². The molecule has 0 saturated carbocycles. The molecular formula is C8H12N2. The van der Waals surface area contributed by atoms with Gasteiger partial charge in [0.25, 0.3) is 0 Å². The van der Waals surface area contributed by atoms with E-state index in [9.17, 15) is 0 Å². The zero-order valence-corrected chi connectivity index (χ0v) is 5.93. The van der Waals surface area contributed by atoms with Crippen molar-refractivity contribution >= 4 is 0 Å². The minimum atomic E-state index is 0.817. The molecule has 0 fully saturated rings. The Bertz CT molecular complexity index is 168. The second kappa shape index (κ2) is 3.77. The smallest absolute Gasteiger partial charge is 0.0499 e. The predicted octanol–water partition coefficient (Wildman–Crippen LogP) is 0.763. The van der Waals surface area contributed by atoms with E-state index in [1.807, 2.05) is 12.3 Å². The molecule has 2 heteroatoms. The topological polar surface area (TPSA) is 24.1 Å². The zero-order chi connectivity index (χ0) is 7.23. The largest absolute Gasteiger partial charge is 0.386 e. The lowest BCUT2D eigenvalue weighted by atomic mass is 10.3. The van der Waals surface area contributed by atoms with Crippen molar-refractivity contribution < 1.29 is 0 Å². The average Bonchev–Trinajstić information content (AvgIpc) is 2.03. The van der Waals surface area contributed by atoms with Gasteiger partial charge in [-0.2, -0.15) is 0 Å². The third kappa shape index (κ3) is 1.97. The maximum absolute atomic E-state index is 3.61. The van der Waals surface area contributed by atoms with E-state index in [0.29, 0.717) is 0 Å². The van der Waals surface area contributed by atoms with Gasteiger partial charge in [-0.05, 0) is 6.08 Å². The van der Waals surface area contributed by atoms with Crippen LogP contribution in [0.3, 0.4) is 0 Å². The normalized spacial score (nSPS) is 15.4. The summed E-state index contributed by atoms with van der Waals surface area (Å²) in [5.74, 6) is 0. The quantitative estimate of drug-likeness (QED) is 0.560. The molecule has 1 aliphatic rings. The monoisotopic (exact) mass is 136 g/mol. The molecular weight excluding hydrogens is 124 g/mol. The molecule has 0 unspecified atom stereocenters. The SMILES string of the molecule is C=CCNC1=CNCC=C1. The fraction of sp³-hybridized carbons (Fsp3) is 0.250. The third-order valence-electron chi connectivity index (χ3n) is 1.24. The summed E-state index contributed by atoms with van der Waals surface area (Å²) in [6, 6.07) is 0. The Hall–Kier alpha value is -1.18. The van der Waals surface area contributed by atoms with E-state index in [2.05, 4.69) is 29.4 Å². The highest BCUT2D eigenvalue weighted by molar-refractivity contribution is 5.20. The first kappa shape index (κ1) is 6.93. The lowest BCUT2D eigenvalue weighted by Gasteiger charge is -2.08. The van der Waals surface area contributed by atoms with Gasteiger partial charge in [-0.1, -0.05) is 12.2 Å². The van der Waals surface area contributed by atoms with Gasteiger partial charge >= 0.3 is 0 Å². The summed E-state index contributed by atoms with van der Waals surface area (Å²) in [7, 11) is 0. The standard InChI is InChI=1S/C8H12N2/c1-2-5-10-8-4-3-6-9-7-8/h2-4,7,9-10H,1,5-6H2. The summed E-state index contributed by atoms with van der Waals surface area (Å²) in [6.07, 6.45) is 7.93. The Morgan fingerprint density at radius 2 is 2.70 bits per heavy atom. The Kier molecular flexibility index (Phi) is 2.62. The molecule has 0 radical (unpaired) electrons. The summed E-state index contributed by atoms with van der Waals surface area (Å²) in [5.41, 5.74) is 1.12. The second-order valence-corrected chi connectivity index (χ2v) is 2.08. The summed E-state index contributed by atoms with van der Waals surface area (Å²) in [4.78, 5) is 0. The first-order valence-corrected chi connectivity index (χ1v) is 3.38. The van der Waals surface area contributed by atoms with Gasteiger partial charge in [0.1, 0.15) is 0 Å². The molecule has 1 rings (SSSR count). The van der Waals surface area contributed by atoms with E-state index in [0.717, 1.165) is 18.8 Å². The predicted molar refractivity (Wildman–Crippen MR) is 43.4 cm³/mol. The van der Waals surface area contributed by atoms with Gasteiger partial charge in [0.05, 0.1) is 0 Å². The van der Waals surface area contributed by atoms with E-state index in [1.54, 1.807) is 0 Å². The van der Waals surface area contributed by atoms with Crippen LogP contribution in [0.1, 0.15) is 0 Å². The highest BCUT2D eigenvalue weighted by Crippen LogP contribution is 1.93. The van der Waals surface area contributed by atoms with Crippen LogP contribution in [-0.4, -0.2) is 13.1 Å². The molecule has 1 heterocycles. The third-order valence-corrected chi connectivity index (χ3v) is 1.24. The van der Waals surface area contributed by atoms with Crippen molar-refractivity contribution in [2.24, 2.45) is 0 Å². The lowest BCUT2D eigenvalue weighted by Crippen LogP contribution is -2.18. The minimum absolute atomic E-state index is 0.817. The molecule has 2 nitrogen and oxygen atoms in total. The number of nitrogens with one attached hydrogen (secondary N) is 2. The first-order valence-electron chi connectivity index (χ1n) is 3.38. The van der Waals surface area contributed by atoms with Gasteiger partial charge in [0, 0.05) is 25.0 Å². The number of rotatable bonds is 3. The van der Waals surface area contributed by atoms with E-state index >= 15 is 0 Å². The molecule has 0 saturated heterocycles. The molecule has 0 bridgehead atoms. The molecule has 54 valence electrons. The number of dihydropyridines is 1. The molecule has 0 amide bonds. The van der Waals surface area contributed by atoms with Gasteiger partial charge < -0.3 is 10.6 Å². The fourth-order valence-electron chi connectivity index (χ4n) is 0.771. The van der Waals surface area contributed by atoms with Gasteiger partial charge in [-0.25, -0.2) is 0 Å². The maximum Gasteiger partial charge on any atom is 0.0499 e. The molecule has 10 heavy (non-hydrogen) atoms. The van der Waals surface area contributed by atoms with Crippen molar-refractivity contribution in [3.63, 3.8) is 0 Å². The van der Waals surface area contributed by atoms with Crippen LogP contribution in [-0.2, 0) is 0 Å². The Morgan fingerprint density at radius 3 is 3.30 bits per heavy atom. The Balaban J connectivity index is 2.32. The minimum Gasteiger partial charge on any atom is -0.386 e. The van der Waals surface area contributed by atoms with Crippen molar-refractivity contribution in [3.8, 4) is 0 Å². The summed E-state index contributed by atoms with van der Waals surface area (Å²) in [5, 5.41) is 6.26. The lowest BCUT2D eigenvalue weighted by molar-refractivity contribution is 0.867. The maximum atomic E-state index is 3.61. The van der Waals surface area contributed by atoms with E-state index in [1.165, 1.54) is 0 Å². The molecule has 0 atom stereocenters. The number of hydrogen-bond donors (Lipinski definition) is 2.